The highest BCUT2D eigenvalue weighted by Gasteiger charge is 2.44. The lowest BCUT2D eigenvalue weighted by Crippen LogP contribution is -2.50. The van der Waals surface area contributed by atoms with Gasteiger partial charge in [0.25, 0.3) is 5.69 Å². The van der Waals surface area contributed by atoms with Crippen molar-refractivity contribution in [1.82, 2.24) is 4.90 Å². The number of hydrogen-bond donors (Lipinski definition) is 1. The fraction of sp³-hybridized carbons (Fsp3) is 0.556. The Labute approximate surface area is 146 Å². The molecule has 3 rings (SSSR count). The van der Waals surface area contributed by atoms with E-state index in [9.17, 15) is 19.7 Å². The highest BCUT2D eigenvalue weighted by Crippen LogP contribution is 2.40. The number of nitro benzene ring substituents is 1. The summed E-state index contributed by atoms with van der Waals surface area (Å²) in [6.45, 7) is 4.44. The van der Waals surface area contributed by atoms with Crippen LogP contribution in [0.3, 0.4) is 0 Å². The molecule has 2 aliphatic rings. The molecule has 7 nitrogen and oxygen atoms in total. The zero-order valence-electron chi connectivity index (χ0n) is 14.5. The predicted octanol–water partition coefficient (Wildman–Crippen LogP) is 2.88. The lowest BCUT2D eigenvalue weighted by Gasteiger charge is -2.35. The van der Waals surface area contributed by atoms with Crippen LogP contribution in [-0.4, -0.2) is 34.2 Å². The zero-order chi connectivity index (χ0) is 18.1. The number of non-ortho nitro benzene ring substituents is 1. The van der Waals surface area contributed by atoms with Crippen LogP contribution in [0, 0.1) is 28.9 Å². The molecule has 0 spiro atoms. The third-order valence-electron chi connectivity index (χ3n) is 5.21. The summed E-state index contributed by atoms with van der Waals surface area (Å²) in [5, 5.41) is 13.7. The second-order valence-electron chi connectivity index (χ2n) is 7.11. The number of nitrogens with zero attached hydrogens (tertiary/aromatic N) is 2. The van der Waals surface area contributed by atoms with Crippen LogP contribution in [-0.2, 0) is 9.59 Å². The Morgan fingerprint density at radius 3 is 2.68 bits per heavy atom. The van der Waals surface area contributed by atoms with Crippen LogP contribution in [0.25, 0.3) is 0 Å². The molecule has 2 amide bonds. The van der Waals surface area contributed by atoms with E-state index < -0.39 is 11.0 Å². The molecule has 1 aliphatic carbocycles. The fourth-order valence-corrected chi connectivity index (χ4v) is 3.42. The average Bonchev–Trinajstić information content (AvgIpc) is 3.32. The van der Waals surface area contributed by atoms with Gasteiger partial charge in [-0.15, -0.1) is 0 Å². The molecule has 0 bridgehead atoms. The van der Waals surface area contributed by atoms with E-state index in [0.717, 1.165) is 24.8 Å². The minimum Gasteiger partial charge on any atom is -0.330 e. The second-order valence-corrected chi connectivity index (χ2v) is 7.11. The maximum atomic E-state index is 12.8. The van der Waals surface area contributed by atoms with Crippen molar-refractivity contribution >= 4 is 23.2 Å². The SMILES string of the molecule is Cc1ccc([N+](=O)[O-])cc1NC(=O)[C@@H]1CCCCN1C(=O)[C@H]1C[C@@H]1C. The van der Waals surface area contributed by atoms with Gasteiger partial charge < -0.3 is 10.2 Å². The minimum absolute atomic E-state index is 0.0490. The molecule has 25 heavy (non-hydrogen) atoms. The Bertz CT molecular complexity index is 718. The van der Waals surface area contributed by atoms with Gasteiger partial charge in [0.15, 0.2) is 0 Å². The van der Waals surface area contributed by atoms with E-state index in [1.165, 1.54) is 12.1 Å². The molecular formula is C18H23N3O4. The van der Waals surface area contributed by atoms with Gasteiger partial charge in [-0.05, 0) is 44.1 Å². The molecule has 1 aromatic rings. The lowest BCUT2D eigenvalue weighted by molar-refractivity contribution is -0.384. The number of carbonyl (C=O) groups is 2. The predicted molar refractivity (Wildman–Crippen MR) is 93.1 cm³/mol. The molecule has 0 aromatic heterocycles. The Hall–Kier alpha value is -2.44. The average molecular weight is 345 g/mol. The molecule has 134 valence electrons. The van der Waals surface area contributed by atoms with Crippen LogP contribution < -0.4 is 5.32 Å². The summed E-state index contributed by atoms with van der Waals surface area (Å²) in [6, 6.07) is 3.90. The fourth-order valence-electron chi connectivity index (χ4n) is 3.42. The van der Waals surface area contributed by atoms with Crippen molar-refractivity contribution in [3.63, 3.8) is 0 Å². The minimum atomic E-state index is -0.493. The number of hydrogen-bond acceptors (Lipinski definition) is 4. The summed E-state index contributed by atoms with van der Waals surface area (Å²) in [5.74, 6) is 0.262. The summed E-state index contributed by atoms with van der Waals surface area (Å²) >= 11 is 0. The molecule has 1 saturated heterocycles. The van der Waals surface area contributed by atoms with Gasteiger partial charge in [0.1, 0.15) is 6.04 Å². The largest absolute Gasteiger partial charge is 0.330 e. The summed E-state index contributed by atoms with van der Waals surface area (Å²) in [7, 11) is 0. The van der Waals surface area contributed by atoms with Crippen molar-refractivity contribution in [1.29, 1.82) is 0 Å². The molecular weight excluding hydrogens is 322 g/mol. The number of aryl methyl sites for hydroxylation is 1. The molecule has 2 fully saturated rings. The number of likely N-dealkylation sites (tertiary alicyclic amines) is 1. The Kier molecular flexibility index (Phi) is 4.74. The monoisotopic (exact) mass is 345 g/mol. The van der Waals surface area contributed by atoms with Crippen LogP contribution in [0.5, 0.6) is 0 Å². The molecule has 0 unspecified atom stereocenters. The number of nitrogens with one attached hydrogen (secondary N) is 1. The smallest absolute Gasteiger partial charge is 0.271 e. The first-order valence-electron chi connectivity index (χ1n) is 8.75. The molecule has 1 heterocycles. The first-order chi connectivity index (χ1) is 11.9. The second kappa shape index (κ2) is 6.82. The van der Waals surface area contributed by atoms with Crippen molar-refractivity contribution in [3.05, 3.63) is 33.9 Å². The van der Waals surface area contributed by atoms with Crippen LogP contribution in [0.4, 0.5) is 11.4 Å². The first kappa shape index (κ1) is 17.4. The molecule has 3 atom stereocenters. The van der Waals surface area contributed by atoms with Crippen molar-refractivity contribution < 1.29 is 14.5 Å². The number of amides is 2. The molecule has 0 radical (unpaired) electrons. The van der Waals surface area contributed by atoms with Crippen molar-refractivity contribution in [2.75, 3.05) is 11.9 Å². The normalized spacial score (nSPS) is 25.4. The first-order valence-corrected chi connectivity index (χ1v) is 8.75. The topological polar surface area (TPSA) is 92.6 Å². The van der Waals surface area contributed by atoms with Gasteiger partial charge in [-0.25, -0.2) is 0 Å². The van der Waals surface area contributed by atoms with E-state index in [1.54, 1.807) is 17.9 Å². The third kappa shape index (κ3) is 3.65. The highest BCUT2D eigenvalue weighted by atomic mass is 16.6. The molecule has 1 aliphatic heterocycles. The molecule has 7 heteroatoms. The summed E-state index contributed by atoms with van der Waals surface area (Å²) in [5.41, 5.74) is 1.12. The van der Waals surface area contributed by atoms with Crippen LogP contribution in [0.2, 0.25) is 0 Å². The number of anilines is 1. The number of nitro groups is 1. The lowest BCUT2D eigenvalue weighted by atomic mass is 10.00. The van der Waals surface area contributed by atoms with Crippen LogP contribution >= 0.6 is 0 Å². The quantitative estimate of drug-likeness (QED) is 0.671. The van der Waals surface area contributed by atoms with E-state index in [4.69, 9.17) is 0 Å². The van der Waals surface area contributed by atoms with Crippen LogP contribution in [0.15, 0.2) is 18.2 Å². The number of piperidine rings is 1. The van der Waals surface area contributed by atoms with Gasteiger partial charge >= 0.3 is 0 Å². The van der Waals surface area contributed by atoms with E-state index in [-0.39, 0.29) is 23.4 Å². The Morgan fingerprint density at radius 2 is 2.04 bits per heavy atom. The standard InChI is InChI=1S/C18H23N3O4/c1-11-6-7-13(21(24)25)10-15(11)19-17(22)16-5-3-4-8-20(16)18(23)14-9-12(14)2/h6-7,10,12,14,16H,3-5,8-9H2,1-2H3,(H,19,22)/t12-,14-,16-/m0/s1. The van der Waals surface area contributed by atoms with Crippen LogP contribution in [0.1, 0.15) is 38.2 Å². The Balaban J connectivity index is 1.76. The van der Waals surface area contributed by atoms with Crippen molar-refractivity contribution in [2.24, 2.45) is 11.8 Å². The maximum absolute atomic E-state index is 12.8. The van der Waals surface area contributed by atoms with Gasteiger partial charge in [-0.1, -0.05) is 13.0 Å². The maximum Gasteiger partial charge on any atom is 0.271 e. The zero-order valence-corrected chi connectivity index (χ0v) is 14.5. The molecule has 1 saturated carbocycles. The molecule has 1 aromatic carbocycles. The van der Waals surface area contributed by atoms with Gasteiger partial charge in [-0.3, -0.25) is 19.7 Å². The summed E-state index contributed by atoms with van der Waals surface area (Å²) in [6.07, 6.45) is 3.34. The van der Waals surface area contributed by atoms with E-state index >= 15 is 0 Å². The number of carbonyl (C=O) groups excluding carboxylic acids is 2. The summed E-state index contributed by atoms with van der Waals surface area (Å²) < 4.78 is 0. The molecule has 1 N–H and O–H groups in total. The van der Waals surface area contributed by atoms with Crippen molar-refractivity contribution in [2.45, 2.75) is 45.6 Å². The summed E-state index contributed by atoms with van der Waals surface area (Å²) in [4.78, 5) is 37.5. The van der Waals surface area contributed by atoms with Gasteiger partial charge in [0, 0.05) is 24.6 Å². The highest BCUT2D eigenvalue weighted by molar-refractivity contribution is 5.98. The third-order valence-corrected chi connectivity index (χ3v) is 5.21. The Morgan fingerprint density at radius 1 is 1.32 bits per heavy atom. The van der Waals surface area contributed by atoms with Gasteiger partial charge in [0.05, 0.1) is 10.6 Å². The van der Waals surface area contributed by atoms with E-state index in [0.29, 0.717) is 24.6 Å². The van der Waals surface area contributed by atoms with Gasteiger partial charge in [-0.2, -0.15) is 0 Å². The van der Waals surface area contributed by atoms with Crippen molar-refractivity contribution in [3.8, 4) is 0 Å². The van der Waals surface area contributed by atoms with E-state index in [1.807, 2.05) is 6.92 Å². The van der Waals surface area contributed by atoms with E-state index in [2.05, 4.69) is 5.32 Å². The van der Waals surface area contributed by atoms with Gasteiger partial charge in [0.2, 0.25) is 11.8 Å². The number of rotatable bonds is 4. The number of benzene rings is 1.